The van der Waals surface area contributed by atoms with Crippen LogP contribution in [-0.2, 0) is 6.54 Å². The number of rotatable bonds is 4. The van der Waals surface area contributed by atoms with Crippen LogP contribution in [0.5, 0.6) is 0 Å². The Morgan fingerprint density at radius 2 is 2.16 bits per heavy atom. The van der Waals surface area contributed by atoms with Crippen molar-refractivity contribution in [2.75, 3.05) is 13.1 Å². The van der Waals surface area contributed by atoms with Gasteiger partial charge in [-0.3, -0.25) is 14.7 Å². The maximum absolute atomic E-state index is 14.1. The summed E-state index contributed by atoms with van der Waals surface area (Å²) in [6, 6.07) is 9.90. The maximum Gasteiger partial charge on any atom is 0.251 e. The fraction of sp³-hybridized carbons (Fsp3) is 0.316. The highest BCUT2D eigenvalue weighted by atomic mass is 19.1. The lowest BCUT2D eigenvalue weighted by molar-refractivity contribution is 0.0900. The fourth-order valence-corrected chi connectivity index (χ4v) is 3.07. The molecule has 6 heteroatoms. The number of halogens is 1. The summed E-state index contributed by atoms with van der Waals surface area (Å²) in [7, 11) is 0. The van der Waals surface area contributed by atoms with Gasteiger partial charge in [0.2, 0.25) is 0 Å². The predicted octanol–water partition coefficient (Wildman–Crippen LogP) is 2.49. The second kappa shape index (κ2) is 7.86. The predicted molar refractivity (Wildman–Crippen MR) is 91.1 cm³/mol. The molecular formula is C19H19FN4O. The molecule has 1 saturated heterocycles. The summed E-state index contributed by atoms with van der Waals surface area (Å²) < 4.78 is 14.1. The number of hydrogen-bond donors (Lipinski definition) is 1. The van der Waals surface area contributed by atoms with Crippen molar-refractivity contribution in [1.29, 1.82) is 5.26 Å². The molecule has 1 N–H and O–H groups in total. The van der Waals surface area contributed by atoms with E-state index in [1.165, 1.54) is 6.07 Å². The van der Waals surface area contributed by atoms with Crippen molar-refractivity contribution >= 4 is 5.91 Å². The van der Waals surface area contributed by atoms with E-state index in [0.29, 0.717) is 29.8 Å². The molecule has 1 aliphatic rings. The van der Waals surface area contributed by atoms with Crippen molar-refractivity contribution in [3.05, 3.63) is 65.2 Å². The highest BCUT2D eigenvalue weighted by molar-refractivity contribution is 5.94. The Balaban J connectivity index is 1.60. The molecule has 0 aliphatic carbocycles. The third-order valence-electron chi connectivity index (χ3n) is 4.36. The number of amides is 1. The van der Waals surface area contributed by atoms with E-state index in [1.807, 2.05) is 6.07 Å². The molecule has 1 atom stereocenters. The third-order valence-corrected chi connectivity index (χ3v) is 4.36. The van der Waals surface area contributed by atoms with Gasteiger partial charge in [-0.25, -0.2) is 4.39 Å². The largest absolute Gasteiger partial charge is 0.348 e. The summed E-state index contributed by atoms with van der Waals surface area (Å²) in [6.07, 6.45) is 5.04. The molecule has 1 aromatic carbocycles. The zero-order valence-corrected chi connectivity index (χ0v) is 13.8. The SMILES string of the molecule is N#Cc1ccc(CN2CCCC(NC(=O)c3ccncc3)C2)c(F)c1. The highest BCUT2D eigenvalue weighted by Gasteiger charge is 2.22. The van der Waals surface area contributed by atoms with E-state index in [9.17, 15) is 9.18 Å². The van der Waals surface area contributed by atoms with Crippen LogP contribution in [0.25, 0.3) is 0 Å². The number of aromatic nitrogens is 1. The Kier molecular flexibility index (Phi) is 5.36. The zero-order valence-electron chi connectivity index (χ0n) is 13.8. The summed E-state index contributed by atoms with van der Waals surface area (Å²) in [6.45, 7) is 2.01. The van der Waals surface area contributed by atoms with Crippen molar-refractivity contribution in [3.63, 3.8) is 0 Å². The van der Waals surface area contributed by atoms with Crippen LogP contribution in [0.3, 0.4) is 0 Å². The monoisotopic (exact) mass is 338 g/mol. The van der Waals surface area contributed by atoms with Crippen LogP contribution in [0, 0.1) is 17.1 Å². The molecule has 0 saturated carbocycles. The summed E-state index contributed by atoms with van der Waals surface area (Å²) in [5, 5.41) is 11.9. The Labute approximate surface area is 146 Å². The quantitative estimate of drug-likeness (QED) is 0.930. The number of benzene rings is 1. The van der Waals surface area contributed by atoms with Crippen LogP contribution in [-0.4, -0.2) is 34.9 Å². The van der Waals surface area contributed by atoms with Crippen LogP contribution in [0.4, 0.5) is 4.39 Å². The molecule has 1 amide bonds. The minimum Gasteiger partial charge on any atom is -0.348 e. The molecule has 1 aromatic heterocycles. The van der Waals surface area contributed by atoms with Gasteiger partial charge in [0.05, 0.1) is 11.6 Å². The maximum atomic E-state index is 14.1. The fourth-order valence-electron chi connectivity index (χ4n) is 3.07. The topological polar surface area (TPSA) is 69.0 Å². The van der Waals surface area contributed by atoms with Crippen molar-refractivity contribution in [2.24, 2.45) is 0 Å². The van der Waals surface area contributed by atoms with Crippen molar-refractivity contribution < 1.29 is 9.18 Å². The lowest BCUT2D eigenvalue weighted by atomic mass is 10.0. The Bertz CT molecular complexity index is 788. The summed E-state index contributed by atoms with van der Waals surface area (Å²) in [5.41, 5.74) is 1.48. The lowest BCUT2D eigenvalue weighted by Gasteiger charge is -2.33. The molecular weight excluding hydrogens is 319 g/mol. The van der Waals surface area contributed by atoms with Gasteiger partial charge in [-0.2, -0.15) is 5.26 Å². The number of carbonyl (C=O) groups is 1. The van der Waals surface area contributed by atoms with Gasteiger partial charge in [0.15, 0.2) is 0 Å². The van der Waals surface area contributed by atoms with Crippen LogP contribution in [0.1, 0.15) is 34.3 Å². The Morgan fingerprint density at radius 3 is 2.88 bits per heavy atom. The number of hydrogen-bond acceptors (Lipinski definition) is 4. The van der Waals surface area contributed by atoms with Crippen LogP contribution in [0.2, 0.25) is 0 Å². The first kappa shape index (κ1) is 17.1. The molecule has 128 valence electrons. The van der Waals surface area contributed by atoms with Gasteiger partial charge < -0.3 is 5.32 Å². The number of nitrogens with one attached hydrogen (secondary N) is 1. The first-order valence-electron chi connectivity index (χ1n) is 8.27. The Morgan fingerprint density at radius 1 is 1.36 bits per heavy atom. The van der Waals surface area contributed by atoms with Gasteiger partial charge in [0.25, 0.3) is 5.91 Å². The lowest BCUT2D eigenvalue weighted by Crippen LogP contribution is -2.47. The number of nitriles is 1. The number of nitrogens with zero attached hydrogens (tertiary/aromatic N) is 3. The van der Waals surface area contributed by atoms with Gasteiger partial charge in [-0.1, -0.05) is 6.07 Å². The van der Waals surface area contributed by atoms with Crippen LogP contribution >= 0.6 is 0 Å². The normalized spacial score (nSPS) is 17.7. The van der Waals surface area contributed by atoms with E-state index in [4.69, 9.17) is 5.26 Å². The van der Waals surface area contributed by atoms with Gasteiger partial charge in [0.1, 0.15) is 5.82 Å². The smallest absolute Gasteiger partial charge is 0.251 e. The number of piperidine rings is 1. The Hall–Kier alpha value is -2.78. The minimum atomic E-state index is -0.359. The van der Waals surface area contributed by atoms with Crippen molar-refractivity contribution in [1.82, 2.24) is 15.2 Å². The van der Waals surface area contributed by atoms with Gasteiger partial charge in [0, 0.05) is 42.7 Å². The molecule has 1 unspecified atom stereocenters. The first-order chi connectivity index (χ1) is 12.2. The molecule has 3 rings (SSSR count). The molecule has 1 aliphatic heterocycles. The van der Waals surface area contributed by atoms with Gasteiger partial charge in [-0.05, 0) is 43.7 Å². The second-order valence-corrected chi connectivity index (χ2v) is 6.20. The summed E-state index contributed by atoms with van der Waals surface area (Å²) >= 11 is 0. The van der Waals surface area contributed by atoms with E-state index >= 15 is 0 Å². The first-order valence-corrected chi connectivity index (χ1v) is 8.27. The van der Waals surface area contributed by atoms with E-state index in [2.05, 4.69) is 15.2 Å². The number of pyridine rings is 1. The molecule has 5 nitrogen and oxygen atoms in total. The van der Waals surface area contributed by atoms with E-state index in [1.54, 1.807) is 36.7 Å². The zero-order chi connectivity index (χ0) is 17.6. The second-order valence-electron chi connectivity index (χ2n) is 6.20. The van der Waals surface area contributed by atoms with Crippen molar-refractivity contribution in [2.45, 2.75) is 25.4 Å². The minimum absolute atomic E-state index is 0.0378. The van der Waals surface area contributed by atoms with Crippen LogP contribution in [0.15, 0.2) is 42.7 Å². The highest BCUT2D eigenvalue weighted by Crippen LogP contribution is 2.17. The van der Waals surface area contributed by atoms with E-state index < -0.39 is 0 Å². The summed E-state index contributed by atoms with van der Waals surface area (Å²) in [4.78, 5) is 18.3. The van der Waals surface area contributed by atoms with Gasteiger partial charge in [-0.15, -0.1) is 0 Å². The number of carbonyl (C=O) groups excluding carboxylic acids is 1. The summed E-state index contributed by atoms with van der Waals surface area (Å²) in [5.74, 6) is -0.471. The van der Waals surface area contributed by atoms with E-state index in [-0.39, 0.29) is 17.8 Å². The molecule has 2 aromatic rings. The average molecular weight is 338 g/mol. The molecule has 0 bridgehead atoms. The molecule has 0 radical (unpaired) electrons. The molecule has 2 heterocycles. The molecule has 25 heavy (non-hydrogen) atoms. The third kappa shape index (κ3) is 4.40. The molecule has 0 spiro atoms. The molecule has 1 fully saturated rings. The van der Waals surface area contributed by atoms with Crippen LogP contribution < -0.4 is 5.32 Å². The van der Waals surface area contributed by atoms with E-state index in [0.717, 1.165) is 19.4 Å². The number of likely N-dealkylation sites (tertiary alicyclic amines) is 1. The van der Waals surface area contributed by atoms with Crippen molar-refractivity contribution in [3.8, 4) is 6.07 Å². The van der Waals surface area contributed by atoms with Gasteiger partial charge >= 0.3 is 0 Å². The standard InChI is InChI=1S/C19H19FN4O/c20-18-10-14(11-21)3-4-16(18)12-24-9-1-2-17(13-24)23-19(25)15-5-7-22-8-6-15/h3-8,10,17H,1-2,9,12-13H2,(H,23,25). The average Bonchev–Trinajstić information content (AvgIpc) is 2.64.